The van der Waals surface area contributed by atoms with Crippen LogP contribution in [0.2, 0.25) is 0 Å². The van der Waals surface area contributed by atoms with Crippen molar-refractivity contribution in [3.05, 3.63) is 52.2 Å². The molecule has 110 valence electrons. The van der Waals surface area contributed by atoms with Crippen LogP contribution >= 0.6 is 11.3 Å². The number of guanidine groups is 1. The van der Waals surface area contributed by atoms with E-state index in [0.717, 1.165) is 17.9 Å². The zero-order valence-electron chi connectivity index (χ0n) is 12.0. The van der Waals surface area contributed by atoms with Gasteiger partial charge < -0.3 is 15.4 Å². The van der Waals surface area contributed by atoms with Crippen molar-refractivity contribution in [3.8, 4) is 5.75 Å². The highest BCUT2D eigenvalue weighted by Crippen LogP contribution is 2.33. The minimum absolute atomic E-state index is 0.148. The van der Waals surface area contributed by atoms with Crippen molar-refractivity contribution in [2.24, 2.45) is 10.7 Å². The summed E-state index contributed by atoms with van der Waals surface area (Å²) < 4.78 is 5.75. The molecule has 4 nitrogen and oxygen atoms in total. The first kappa shape index (κ1) is 13.9. The maximum atomic E-state index is 6.09. The first-order chi connectivity index (χ1) is 10.3. The third-order valence-electron chi connectivity index (χ3n) is 3.58. The van der Waals surface area contributed by atoms with Crippen LogP contribution in [0.4, 0.5) is 0 Å². The van der Waals surface area contributed by atoms with Crippen LogP contribution in [0.5, 0.6) is 5.75 Å². The summed E-state index contributed by atoms with van der Waals surface area (Å²) in [5, 5.41) is 2.09. The van der Waals surface area contributed by atoms with Gasteiger partial charge in [-0.3, -0.25) is 4.99 Å². The van der Waals surface area contributed by atoms with Crippen LogP contribution in [0, 0.1) is 0 Å². The van der Waals surface area contributed by atoms with Gasteiger partial charge in [-0.25, -0.2) is 0 Å². The molecule has 1 atom stereocenters. The second-order valence-corrected chi connectivity index (χ2v) is 5.93. The molecule has 21 heavy (non-hydrogen) atoms. The van der Waals surface area contributed by atoms with Crippen molar-refractivity contribution >= 4 is 17.3 Å². The number of rotatable bonds is 5. The number of hydrogen-bond donors (Lipinski definition) is 1. The zero-order chi connectivity index (χ0) is 14.7. The molecule has 0 saturated carbocycles. The van der Waals surface area contributed by atoms with E-state index in [1.165, 1.54) is 4.88 Å². The van der Waals surface area contributed by atoms with Gasteiger partial charge in [-0.2, -0.15) is 0 Å². The van der Waals surface area contributed by atoms with Crippen LogP contribution in [0.1, 0.15) is 23.4 Å². The van der Waals surface area contributed by atoms with Crippen molar-refractivity contribution < 1.29 is 4.74 Å². The van der Waals surface area contributed by atoms with Gasteiger partial charge in [0.2, 0.25) is 0 Å². The predicted octanol–water partition coefficient (Wildman–Crippen LogP) is 3.02. The van der Waals surface area contributed by atoms with Gasteiger partial charge in [0.25, 0.3) is 0 Å². The molecule has 2 heterocycles. The SMILES string of the molecule is CCOc1ccccc1C1CN=C(N)N1Cc1cccs1. The Bertz CT molecular complexity index is 624. The van der Waals surface area contributed by atoms with E-state index in [1.54, 1.807) is 11.3 Å². The van der Waals surface area contributed by atoms with Crippen molar-refractivity contribution in [3.63, 3.8) is 0 Å². The van der Waals surface area contributed by atoms with Crippen LogP contribution in [0.15, 0.2) is 46.8 Å². The minimum atomic E-state index is 0.148. The lowest BCUT2D eigenvalue weighted by molar-refractivity contribution is 0.305. The van der Waals surface area contributed by atoms with E-state index in [-0.39, 0.29) is 6.04 Å². The molecule has 3 rings (SSSR count). The number of benzene rings is 1. The van der Waals surface area contributed by atoms with Gasteiger partial charge in [0.15, 0.2) is 5.96 Å². The molecule has 1 unspecified atom stereocenters. The Morgan fingerprint density at radius 2 is 2.19 bits per heavy atom. The van der Waals surface area contributed by atoms with Crippen molar-refractivity contribution in [2.75, 3.05) is 13.2 Å². The second-order valence-electron chi connectivity index (χ2n) is 4.89. The summed E-state index contributed by atoms with van der Waals surface area (Å²) in [5.74, 6) is 1.53. The highest BCUT2D eigenvalue weighted by molar-refractivity contribution is 7.09. The fraction of sp³-hybridized carbons (Fsp3) is 0.312. The normalized spacial score (nSPS) is 17.9. The Hall–Kier alpha value is -2.01. The summed E-state index contributed by atoms with van der Waals surface area (Å²) >= 11 is 1.74. The average Bonchev–Trinajstić information content (AvgIpc) is 3.12. The molecule has 1 aromatic carbocycles. The molecule has 0 bridgehead atoms. The van der Waals surface area contributed by atoms with Gasteiger partial charge in [0, 0.05) is 10.4 Å². The van der Waals surface area contributed by atoms with Gasteiger partial charge in [-0.05, 0) is 24.4 Å². The van der Waals surface area contributed by atoms with E-state index in [0.29, 0.717) is 19.1 Å². The van der Waals surface area contributed by atoms with Gasteiger partial charge in [0.1, 0.15) is 5.75 Å². The molecule has 0 aliphatic carbocycles. The molecule has 1 aliphatic rings. The van der Waals surface area contributed by atoms with Crippen LogP contribution in [-0.2, 0) is 6.54 Å². The zero-order valence-corrected chi connectivity index (χ0v) is 12.8. The number of nitrogens with zero attached hydrogens (tertiary/aromatic N) is 2. The molecule has 2 N–H and O–H groups in total. The Labute approximate surface area is 128 Å². The Morgan fingerprint density at radius 3 is 2.95 bits per heavy atom. The number of aliphatic imine (C=N–C) groups is 1. The van der Waals surface area contributed by atoms with Gasteiger partial charge >= 0.3 is 0 Å². The quantitative estimate of drug-likeness (QED) is 0.923. The number of thiophene rings is 1. The summed E-state index contributed by atoms with van der Waals surface area (Å²) in [6.07, 6.45) is 0. The summed E-state index contributed by atoms with van der Waals surface area (Å²) in [6, 6.07) is 12.5. The van der Waals surface area contributed by atoms with E-state index in [4.69, 9.17) is 10.5 Å². The molecule has 1 aromatic heterocycles. The van der Waals surface area contributed by atoms with Gasteiger partial charge in [-0.15, -0.1) is 11.3 Å². The average molecular weight is 301 g/mol. The first-order valence-electron chi connectivity index (χ1n) is 7.10. The van der Waals surface area contributed by atoms with Crippen molar-refractivity contribution in [1.82, 2.24) is 4.90 Å². The Kier molecular flexibility index (Phi) is 4.10. The van der Waals surface area contributed by atoms with E-state index in [1.807, 2.05) is 25.1 Å². The topological polar surface area (TPSA) is 50.9 Å². The summed E-state index contributed by atoms with van der Waals surface area (Å²) in [5.41, 5.74) is 7.24. The second kappa shape index (κ2) is 6.18. The molecule has 0 saturated heterocycles. The number of nitrogens with two attached hydrogens (primary N) is 1. The third kappa shape index (κ3) is 2.88. The third-order valence-corrected chi connectivity index (χ3v) is 4.44. The summed E-state index contributed by atoms with van der Waals surface area (Å²) in [4.78, 5) is 7.87. The van der Waals surface area contributed by atoms with Crippen molar-refractivity contribution in [2.45, 2.75) is 19.5 Å². The molecule has 2 aromatic rings. The molecule has 5 heteroatoms. The van der Waals surface area contributed by atoms with Crippen LogP contribution in [0.25, 0.3) is 0 Å². The maximum absolute atomic E-state index is 6.09. The lowest BCUT2D eigenvalue weighted by atomic mass is 10.0. The fourth-order valence-corrected chi connectivity index (χ4v) is 3.30. The standard InChI is InChI=1S/C16H19N3OS/c1-2-20-15-8-4-3-7-13(15)14-10-18-16(17)19(14)11-12-6-5-9-21-12/h3-9,14H,2,10-11H2,1H3,(H2,17,18). The lowest BCUT2D eigenvalue weighted by Gasteiger charge is -2.27. The van der Waals surface area contributed by atoms with Gasteiger partial charge in [-0.1, -0.05) is 24.3 Å². The van der Waals surface area contributed by atoms with Crippen LogP contribution in [0.3, 0.4) is 0 Å². The number of hydrogen-bond acceptors (Lipinski definition) is 5. The van der Waals surface area contributed by atoms with Crippen LogP contribution in [-0.4, -0.2) is 24.0 Å². The Morgan fingerprint density at radius 1 is 1.33 bits per heavy atom. The minimum Gasteiger partial charge on any atom is -0.494 e. The van der Waals surface area contributed by atoms with Gasteiger partial charge in [0.05, 0.1) is 25.7 Å². The monoisotopic (exact) mass is 301 g/mol. The Balaban J connectivity index is 1.87. The molecule has 1 aliphatic heterocycles. The van der Waals surface area contributed by atoms with E-state index < -0.39 is 0 Å². The molecule has 0 spiro atoms. The summed E-state index contributed by atoms with van der Waals surface area (Å²) in [6.45, 7) is 4.13. The molecule has 0 amide bonds. The largest absolute Gasteiger partial charge is 0.494 e. The number of ether oxygens (including phenoxy) is 1. The van der Waals surface area contributed by atoms with E-state index in [9.17, 15) is 0 Å². The summed E-state index contributed by atoms with van der Waals surface area (Å²) in [7, 11) is 0. The fourth-order valence-electron chi connectivity index (χ4n) is 2.60. The molecular formula is C16H19N3OS. The maximum Gasteiger partial charge on any atom is 0.192 e. The van der Waals surface area contributed by atoms with E-state index >= 15 is 0 Å². The van der Waals surface area contributed by atoms with E-state index in [2.05, 4.69) is 33.5 Å². The highest BCUT2D eigenvalue weighted by Gasteiger charge is 2.29. The molecule has 0 fully saturated rings. The lowest BCUT2D eigenvalue weighted by Crippen LogP contribution is -2.35. The molecular weight excluding hydrogens is 282 g/mol. The smallest absolute Gasteiger partial charge is 0.192 e. The highest BCUT2D eigenvalue weighted by atomic mass is 32.1. The number of para-hydroxylation sites is 1. The van der Waals surface area contributed by atoms with Crippen molar-refractivity contribution in [1.29, 1.82) is 0 Å². The molecule has 0 radical (unpaired) electrons. The predicted molar refractivity (Wildman–Crippen MR) is 86.7 cm³/mol. The first-order valence-corrected chi connectivity index (χ1v) is 7.98. The van der Waals surface area contributed by atoms with Crippen LogP contribution < -0.4 is 10.5 Å².